The third-order valence-electron chi connectivity index (χ3n) is 4.74. The highest BCUT2D eigenvalue weighted by atomic mass is 16.8. The average Bonchev–Trinajstić information content (AvgIpc) is 3.07. The fraction of sp³-hybridized carbons (Fsp3) is 0.579. The van der Waals surface area contributed by atoms with Gasteiger partial charge in [-0.2, -0.15) is 0 Å². The smallest absolute Gasteiger partial charge is 0.319 e. The Morgan fingerprint density at radius 3 is 2.54 bits per heavy atom. The number of carbonyl (C=O) groups is 2. The number of anilines is 1. The van der Waals surface area contributed by atoms with Crippen LogP contribution in [0.2, 0.25) is 0 Å². The van der Waals surface area contributed by atoms with Crippen LogP contribution in [0.3, 0.4) is 0 Å². The number of methoxy groups -OCH3 is 1. The van der Waals surface area contributed by atoms with Gasteiger partial charge in [-0.3, -0.25) is 4.79 Å². The van der Waals surface area contributed by atoms with E-state index in [0.29, 0.717) is 5.69 Å². The Hall–Kier alpha value is -2.20. The van der Waals surface area contributed by atoms with Crippen molar-refractivity contribution in [2.45, 2.75) is 63.6 Å². The van der Waals surface area contributed by atoms with E-state index in [1.807, 2.05) is 19.1 Å². The lowest BCUT2D eigenvalue weighted by molar-refractivity contribution is -0.219. The molecule has 2 aliphatic heterocycles. The monoisotopic (exact) mass is 393 g/mol. The lowest BCUT2D eigenvalue weighted by Crippen LogP contribution is -2.52. The second-order valence-electron chi connectivity index (χ2n) is 7.51. The third kappa shape index (κ3) is 4.61. The van der Waals surface area contributed by atoms with Crippen LogP contribution in [0, 0.1) is 6.92 Å². The molecular weight excluding hydrogens is 366 g/mol. The summed E-state index contributed by atoms with van der Waals surface area (Å²) in [6, 6.07) is 6.15. The van der Waals surface area contributed by atoms with Crippen LogP contribution in [-0.4, -0.2) is 55.5 Å². The van der Waals surface area contributed by atoms with E-state index in [4.69, 9.17) is 24.7 Å². The molecule has 2 aliphatic rings. The van der Waals surface area contributed by atoms with Crippen LogP contribution in [0.1, 0.15) is 25.8 Å². The maximum atomic E-state index is 12.5. The summed E-state index contributed by atoms with van der Waals surface area (Å²) in [5.41, 5.74) is 7.09. The predicted molar refractivity (Wildman–Crippen MR) is 100 cm³/mol. The minimum Gasteiger partial charge on any atom is -0.376 e. The molecule has 0 spiro atoms. The molecule has 1 aromatic carbocycles. The van der Waals surface area contributed by atoms with Crippen molar-refractivity contribution in [3.05, 3.63) is 29.8 Å². The summed E-state index contributed by atoms with van der Waals surface area (Å²) in [6.07, 6.45) is -2.43. The second-order valence-corrected chi connectivity index (χ2v) is 7.51. The Bertz CT molecular complexity index is 723. The summed E-state index contributed by atoms with van der Waals surface area (Å²) in [5, 5.41) is 5.49. The lowest BCUT2D eigenvalue weighted by atomic mass is 10.0. The number of carbonyl (C=O) groups excluding carboxylic acids is 2. The highest BCUT2D eigenvalue weighted by molar-refractivity contribution is 5.90. The zero-order valence-corrected chi connectivity index (χ0v) is 16.4. The molecule has 2 heterocycles. The number of nitrogens with one attached hydrogen (secondary N) is 2. The van der Waals surface area contributed by atoms with Crippen LogP contribution in [0.5, 0.6) is 0 Å². The van der Waals surface area contributed by atoms with Gasteiger partial charge < -0.3 is 35.3 Å². The molecule has 5 atom stereocenters. The number of benzene rings is 1. The number of rotatable bonds is 6. The summed E-state index contributed by atoms with van der Waals surface area (Å²) >= 11 is 0. The van der Waals surface area contributed by atoms with E-state index >= 15 is 0 Å². The van der Waals surface area contributed by atoms with Gasteiger partial charge in [0, 0.05) is 19.2 Å². The van der Waals surface area contributed by atoms with Crippen molar-refractivity contribution in [3.63, 3.8) is 0 Å². The van der Waals surface area contributed by atoms with Gasteiger partial charge in [-0.25, -0.2) is 4.79 Å². The number of amides is 3. The highest BCUT2D eigenvalue weighted by Gasteiger charge is 2.57. The number of primary amides is 1. The molecule has 2 saturated heterocycles. The van der Waals surface area contributed by atoms with Gasteiger partial charge in [0.1, 0.15) is 18.3 Å². The minimum atomic E-state index is -0.799. The summed E-state index contributed by atoms with van der Waals surface area (Å²) in [5.74, 6) is -1.37. The molecule has 0 radical (unpaired) electrons. The molecule has 0 bridgehead atoms. The molecule has 0 aliphatic carbocycles. The van der Waals surface area contributed by atoms with E-state index in [-0.39, 0.29) is 6.42 Å². The van der Waals surface area contributed by atoms with Crippen LogP contribution in [0.4, 0.5) is 10.5 Å². The molecule has 4 N–H and O–H groups in total. The molecule has 3 rings (SSSR count). The number of hydrogen-bond acceptors (Lipinski definition) is 6. The van der Waals surface area contributed by atoms with Crippen LogP contribution >= 0.6 is 0 Å². The fourth-order valence-electron chi connectivity index (χ4n) is 3.53. The average molecular weight is 393 g/mol. The van der Waals surface area contributed by atoms with E-state index in [1.165, 1.54) is 7.11 Å². The van der Waals surface area contributed by atoms with Gasteiger partial charge in [0.05, 0.1) is 6.04 Å². The van der Waals surface area contributed by atoms with Gasteiger partial charge in [0.25, 0.3) is 0 Å². The van der Waals surface area contributed by atoms with Crippen molar-refractivity contribution in [1.82, 2.24) is 5.32 Å². The largest absolute Gasteiger partial charge is 0.376 e. The number of fused-ring (bicyclic) bond motifs is 1. The van der Waals surface area contributed by atoms with Crippen LogP contribution in [0.25, 0.3) is 0 Å². The predicted octanol–water partition coefficient (Wildman–Crippen LogP) is 1.25. The SMILES string of the molecule is CO[C@@H]1[C@H]2OC(C)(C)O[C@H]2O[C@@H]1[C@H](CC(N)=O)NC(=O)Nc1ccc(C)cc1. The fourth-order valence-corrected chi connectivity index (χ4v) is 3.53. The Morgan fingerprint density at radius 2 is 1.93 bits per heavy atom. The van der Waals surface area contributed by atoms with Gasteiger partial charge >= 0.3 is 6.03 Å². The highest BCUT2D eigenvalue weighted by Crippen LogP contribution is 2.39. The van der Waals surface area contributed by atoms with Crippen LogP contribution < -0.4 is 16.4 Å². The first-order valence-electron chi connectivity index (χ1n) is 9.15. The molecule has 9 heteroatoms. The first-order valence-corrected chi connectivity index (χ1v) is 9.15. The molecule has 28 heavy (non-hydrogen) atoms. The maximum Gasteiger partial charge on any atom is 0.319 e. The van der Waals surface area contributed by atoms with Crippen molar-refractivity contribution >= 4 is 17.6 Å². The zero-order valence-electron chi connectivity index (χ0n) is 16.4. The van der Waals surface area contributed by atoms with E-state index in [1.54, 1.807) is 26.0 Å². The normalized spacial score (nSPS) is 29.1. The van der Waals surface area contributed by atoms with Gasteiger partial charge in [0.2, 0.25) is 5.91 Å². The second kappa shape index (κ2) is 8.04. The molecule has 3 amide bonds. The first kappa shape index (κ1) is 20.5. The first-order chi connectivity index (χ1) is 13.2. The van der Waals surface area contributed by atoms with Crippen molar-refractivity contribution in [1.29, 1.82) is 0 Å². The summed E-state index contributed by atoms with van der Waals surface area (Å²) in [6.45, 7) is 5.52. The van der Waals surface area contributed by atoms with Crippen molar-refractivity contribution in [2.75, 3.05) is 12.4 Å². The Morgan fingerprint density at radius 1 is 1.25 bits per heavy atom. The van der Waals surface area contributed by atoms with E-state index in [2.05, 4.69) is 10.6 Å². The number of hydrogen-bond donors (Lipinski definition) is 3. The van der Waals surface area contributed by atoms with E-state index < -0.39 is 48.4 Å². The van der Waals surface area contributed by atoms with Gasteiger partial charge in [-0.05, 0) is 32.9 Å². The Labute approximate surface area is 163 Å². The standard InChI is InChI=1S/C19H27N3O6/c1-10-5-7-11(8-6-10)21-18(24)22-12(9-13(20)23)14-15(25-4)16-17(26-14)28-19(2,3)27-16/h5-8,12,14-17H,9H2,1-4H3,(H2,20,23)(H2,21,22,24)/t12-,14+,15-,16+,17+/m0/s1. The van der Waals surface area contributed by atoms with Crippen molar-refractivity contribution in [2.24, 2.45) is 5.73 Å². The van der Waals surface area contributed by atoms with Crippen LogP contribution in [0.15, 0.2) is 24.3 Å². The Kier molecular flexibility index (Phi) is 5.90. The quantitative estimate of drug-likeness (QED) is 0.669. The maximum absolute atomic E-state index is 12.5. The molecule has 1 aromatic rings. The molecule has 0 unspecified atom stereocenters. The third-order valence-corrected chi connectivity index (χ3v) is 4.74. The van der Waals surface area contributed by atoms with Crippen molar-refractivity contribution < 1.29 is 28.5 Å². The zero-order chi connectivity index (χ0) is 20.5. The molecule has 9 nitrogen and oxygen atoms in total. The lowest BCUT2D eigenvalue weighted by Gasteiger charge is -2.30. The summed E-state index contributed by atoms with van der Waals surface area (Å²) in [4.78, 5) is 24.0. The molecule has 0 aromatic heterocycles. The number of aryl methyl sites for hydroxylation is 1. The van der Waals surface area contributed by atoms with Gasteiger partial charge in [0.15, 0.2) is 12.1 Å². The molecule has 0 saturated carbocycles. The van der Waals surface area contributed by atoms with Crippen LogP contribution in [-0.2, 0) is 23.7 Å². The number of nitrogens with two attached hydrogens (primary N) is 1. The number of ether oxygens (including phenoxy) is 4. The van der Waals surface area contributed by atoms with Gasteiger partial charge in [-0.15, -0.1) is 0 Å². The minimum absolute atomic E-state index is 0.116. The van der Waals surface area contributed by atoms with Gasteiger partial charge in [-0.1, -0.05) is 17.7 Å². The van der Waals surface area contributed by atoms with E-state index in [0.717, 1.165) is 5.56 Å². The summed E-state index contributed by atoms with van der Waals surface area (Å²) < 4.78 is 23.1. The topological polar surface area (TPSA) is 121 Å². The number of urea groups is 1. The molecule has 154 valence electrons. The van der Waals surface area contributed by atoms with E-state index in [9.17, 15) is 9.59 Å². The Balaban J connectivity index is 1.70. The van der Waals surface area contributed by atoms with Crippen molar-refractivity contribution in [3.8, 4) is 0 Å². The summed E-state index contributed by atoms with van der Waals surface area (Å²) in [7, 11) is 1.52. The molecular formula is C19H27N3O6. The molecule has 2 fully saturated rings.